The topological polar surface area (TPSA) is 70.8 Å². The smallest absolute Gasteiger partial charge is 0.317 e. The maximum atomic E-state index is 12.1. The third-order valence-electron chi connectivity index (χ3n) is 3.75. The monoisotopic (exact) mass is 324 g/mol. The largest absolute Gasteiger partial charge is 0.374 e. The van der Waals surface area contributed by atoms with E-state index in [0.717, 1.165) is 37.7 Å². The SMILES string of the molecule is Cc1cc(CN(C)C(=O)NCC2CN(CC(C)C)CCO2)no1. The van der Waals surface area contributed by atoms with Crippen LogP contribution in [0.4, 0.5) is 4.79 Å². The summed E-state index contributed by atoms with van der Waals surface area (Å²) < 4.78 is 10.7. The highest BCUT2D eigenvalue weighted by Gasteiger charge is 2.22. The van der Waals surface area contributed by atoms with Gasteiger partial charge in [0, 0.05) is 39.3 Å². The van der Waals surface area contributed by atoms with Gasteiger partial charge in [0.15, 0.2) is 0 Å². The van der Waals surface area contributed by atoms with E-state index in [9.17, 15) is 4.79 Å². The van der Waals surface area contributed by atoms with Crippen molar-refractivity contribution in [3.05, 3.63) is 17.5 Å². The van der Waals surface area contributed by atoms with Gasteiger partial charge in [-0.05, 0) is 12.8 Å². The zero-order valence-electron chi connectivity index (χ0n) is 14.5. The summed E-state index contributed by atoms with van der Waals surface area (Å²) in [6.07, 6.45) is 0.0501. The van der Waals surface area contributed by atoms with Gasteiger partial charge in [0.25, 0.3) is 0 Å². The maximum absolute atomic E-state index is 12.1. The first-order valence-electron chi connectivity index (χ1n) is 8.19. The van der Waals surface area contributed by atoms with Gasteiger partial charge in [0.1, 0.15) is 11.5 Å². The Morgan fingerprint density at radius 3 is 3.00 bits per heavy atom. The highest BCUT2D eigenvalue weighted by molar-refractivity contribution is 5.73. The van der Waals surface area contributed by atoms with Gasteiger partial charge in [-0.2, -0.15) is 0 Å². The van der Waals surface area contributed by atoms with E-state index in [0.29, 0.717) is 19.0 Å². The van der Waals surface area contributed by atoms with E-state index in [4.69, 9.17) is 9.26 Å². The van der Waals surface area contributed by atoms with Crippen molar-refractivity contribution in [3.63, 3.8) is 0 Å². The Balaban J connectivity index is 1.72. The highest BCUT2D eigenvalue weighted by atomic mass is 16.5. The molecular formula is C16H28N4O3. The summed E-state index contributed by atoms with van der Waals surface area (Å²) in [5.74, 6) is 1.38. The minimum Gasteiger partial charge on any atom is -0.374 e. The molecule has 7 nitrogen and oxygen atoms in total. The second-order valence-corrected chi connectivity index (χ2v) is 6.62. The molecule has 2 rings (SSSR count). The molecule has 1 aliphatic rings. The Morgan fingerprint density at radius 1 is 1.57 bits per heavy atom. The summed E-state index contributed by atoms with van der Waals surface area (Å²) in [4.78, 5) is 16.1. The lowest BCUT2D eigenvalue weighted by atomic mass is 10.2. The van der Waals surface area contributed by atoms with Crippen molar-refractivity contribution in [2.24, 2.45) is 5.92 Å². The maximum Gasteiger partial charge on any atom is 0.317 e. The third-order valence-corrected chi connectivity index (χ3v) is 3.75. The first kappa shape index (κ1) is 17.7. The zero-order chi connectivity index (χ0) is 16.8. The lowest BCUT2D eigenvalue weighted by molar-refractivity contribution is -0.0293. The molecular weight excluding hydrogens is 296 g/mol. The molecule has 0 bridgehead atoms. The molecule has 7 heteroatoms. The molecule has 0 aliphatic carbocycles. The fraction of sp³-hybridized carbons (Fsp3) is 0.750. The lowest BCUT2D eigenvalue weighted by Gasteiger charge is -2.34. The lowest BCUT2D eigenvalue weighted by Crippen LogP contribution is -2.49. The number of nitrogens with zero attached hydrogens (tertiary/aromatic N) is 3. The number of hydrogen-bond donors (Lipinski definition) is 1. The number of hydrogen-bond acceptors (Lipinski definition) is 5. The van der Waals surface area contributed by atoms with Gasteiger partial charge in [0.2, 0.25) is 0 Å². The second-order valence-electron chi connectivity index (χ2n) is 6.62. The van der Waals surface area contributed by atoms with Crippen LogP contribution < -0.4 is 5.32 Å². The number of amides is 2. The third kappa shape index (κ3) is 5.84. The molecule has 0 spiro atoms. The van der Waals surface area contributed by atoms with Crippen LogP contribution in [0.25, 0.3) is 0 Å². The fourth-order valence-electron chi connectivity index (χ4n) is 2.73. The number of ether oxygens (including phenoxy) is 1. The van der Waals surface area contributed by atoms with E-state index in [1.165, 1.54) is 0 Å². The van der Waals surface area contributed by atoms with Crippen molar-refractivity contribution in [1.82, 2.24) is 20.3 Å². The molecule has 0 aromatic carbocycles. The van der Waals surface area contributed by atoms with Gasteiger partial charge in [-0.25, -0.2) is 4.79 Å². The predicted octanol–water partition coefficient (Wildman–Crippen LogP) is 1.48. The van der Waals surface area contributed by atoms with Crippen molar-refractivity contribution in [2.45, 2.75) is 33.4 Å². The number of aryl methyl sites for hydroxylation is 1. The number of carbonyl (C=O) groups excluding carboxylic acids is 1. The van der Waals surface area contributed by atoms with Crippen LogP contribution in [-0.4, -0.2) is 66.9 Å². The standard InChI is InChI=1S/C16H28N4O3/c1-12(2)9-20-5-6-22-15(11-20)8-17-16(21)19(4)10-14-7-13(3)23-18-14/h7,12,15H,5-6,8-11H2,1-4H3,(H,17,21). The van der Waals surface area contributed by atoms with E-state index in [1.807, 2.05) is 13.0 Å². The Labute approximate surface area is 137 Å². The normalized spacial score (nSPS) is 19.1. The summed E-state index contributed by atoms with van der Waals surface area (Å²) in [6.45, 7) is 10.8. The molecule has 1 fully saturated rings. The van der Waals surface area contributed by atoms with Gasteiger partial charge in [0.05, 0.1) is 19.3 Å². The first-order chi connectivity index (χ1) is 10.9. The summed E-state index contributed by atoms with van der Waals surface area (Å²) in [6, 6.07) is 1.70. The van der Waals surface area contributed by atoms with E-state index in [-0.39, 0.29) is 12.1 Å². The molecule has 130 valence electrons. The van der Waals surface area contributed by atoms with Gasteiger partial charge in [-0.1, -0.05) is 19.0 Å². The zero-order valence-corrected chi connectivity index (χ0v) is 14.5. The number of morpholine rings is 1. The first-order valence-corrected chi connectivity index (χ1v) is 8.19. The van der Waals surface area contributed by atoms with Gasteiger partial charge in [-0.15, -0.1) is 0 Å². The van der Waals surface area contributed by atoms with Gasteiger partial charge >= 0.3 is 6.03 Å². The fourth-order valence-corrected chi connectivity index (χ4v) is 2.73. The van der Waals surface area contributed by atoms with Crippen LogP contribution in [0.2, 0.25) is 0 Å². The van der Waals surface area contributed by atoms with Crippen LogP contribution in [0.15, 0.2) is 10.6 Å². The molecule has 2 heterocycles. The molecule has 1 unspecified atom stereocenters. The van der Waals surface area contributed by atoms with Crippen LogP contribution >= 0.6 is 0 Å². The number of aromatic nitrogens is 1. The average molecular weight is 324 g/mol. The molecule has 1 saturated heterocycles. The number of rotatable bonds is 6. The summed E-state index contributed by atoms with van der Waals surface area (Å²) in [5, 5.41) is 6.83. The van der Waals surface area contributed by atoms with Crippen molar-refractivity contribution in [2.75, 3.05) is 39.8 Å². The molecule has 0 saturated carbocycles. The van der Waals surface area contributed by atoms with Crippen molar-refractivity contribution < 1.29 is 14.1 Å². The number of nitrogens with one attached hydrogen (secondary N) is 1. The van der Waals surface area contributed by atoms with Crippen molar-refractivity contribution >= 4 is 6.03 Å². The van der Waals surface area contributed by atoms with Crippen LogP contribution in [0.3, 0.4) is 0 Å². The minimum atomic E-state index is -0.129. The van der Waals surface area contributed by atoms with Crippen LogP contribution in [-0.2, 0) is 11.3 Å². The summed E-state index contributed by atoms with van der Waals surface area (Å²) >= 11 is 0. The highest BCUT2D eigenvalue weighted by Crippen LogP contribution is 2.08. The molecule has 2 amide bonds. The number of carbonyl (C=O) groups is 1. The van der Waals surface area contributed by atoms with E-state index in [2.05, 4.69) is 29.2 Å². The molecule has 1 atom stereocenters. The quantitative estimate of drug-likeness (QED) is 0.858. The van der Waals surface area contributed by atoms with Crippen molar-refractivity contribution in [1.29, 1.82) is 0 Å². The molecule has 1 aromatic heterocycles. The number of urea groups is 1. The van der Waals surface area contributed by atoms with Gasteiger partial charge < -0.3 is 19.5 Å². The van der Waals surface area contributed by atoms with Crippen LogP contribution in [0, 0.1) is 12.8 Å². The van der Waals surface area contributed by atoms with E-state index < -0.39 is 0 Å². The van der Waals surface area contributed by atoms with Gasteiger partial charge in [-0.3, -0.25) is 4.90 Å². The molecule has 23 heavy (non-hydrogen) atoms. The Morgan fingerprint density at radius 2 is 2.35 bits per heavy atom. The molecule has 0 radical (unpaired) electrons. The van der Waals surface area contributed by atoms with Crippen LogP contribution in [0.1, 0.15) is 25.3 Å². The Bertz CT molecular complexity index is 503. The minimum absolute atomic E-state index is 0.0501. The molecule has 1 aliphatic heterocycles. The predicted molar refractivity (Wildman–Crippen MR) is 87.1 cm³/mol. The average Bonchev–Trinajstić information content (AvgIpc) is 2.89. The van der Waals surface area contributed by atoms with E-state index in [1.54, 1.807) is 11.9 Å². The summed E-state index contributed by atoms with van der Waals surface area (Å²) in [7, 11) is 1.74. The van der Waals surface area contributed by atoms with Crippen LogP contribution in [0.5, 0.6) is 0 Å². The van der Waals surface area contributed by atoms with E-state index >= 15 is 0 Å². The second kappa shape index (κ2) is 8.31. The Hall–Kier alpha value is -1.60. The Kier molecular flexibility index (Phi) is 6.41. The summed E-state index contributed by atoms with van der Waals surface area (Å²) in [5.41, 5.74) is 0.747. The van der Waals surface area contributed by atoms with Crippen molar-refractivity contribution in [3.8, 4) is 0 Å². The molecule has 1 aromatic rings. The molecule has 1 N–H and O–H groups in total.